The lowest BCUT2D eigenvalue weighted by Gasteiger charge is -2.30. The first-order valence-corrected chi connectivity index (χ1v) is 33.7. The number of amides is 1. The van der Waals surface area contributed by atoms with Crippen molar-refractivity contribution < 1.29 is 37.3 Å². The zero-order valence-electron chi connectivity index (χ0n) is 51.2. The number of nitrogens with zero attached hydrogens (tertiary/aromatic N) is 1. The zero-order valence-corrected chi connectivity index (χ0v) is 52.0. The van der Waals surface area contributed by atoms with Gasteiger partial charge in [-0.2, -0.15) is 0 Å². The van der Waals surface area contributed by atoms with Gasteiger partial charge in [0.1, 0.15) is 19.3 Å². The molecule has 0 aliphatic rings. The summed E-state index contributed by atoms with van der Waals surface area (Å²) in [5.74, 6) is -0.549. The van der Waals surface area contributed by atoms with E-state index in [4.69, 9.17) is 13.8 Å². The maximum absolute atomic E-state index is 13.6. The minimum absolute atomic E-state index is 0.0256. The Balaban J connectivity index is 5.11. The summed E-state index contributed by atoms with van der Waals surface area (Å²) in [5, 5.41) is 3.03. The number of unbranched alkanes of at least 4 members (excludes halogenated alkanes) is 32. The van der Waals surface area contributed by atoms with Crippen molar-refractivity contribution in [3.63, 3.8) is 0 Å². The summed E-state index contributed by atoms with van der Waals surface area (Å²) < 4.78 is 30.3. The van der Waals surface area contributed by atoms with Gasteiger partial charge in [-0.15, -0.1) is 0 Å². The van der Waals surface area contributed by atoms with Crippen molar-refractivity contribution in [2.75, 3.05) is 40.9 Å². The summed E-state index contributed by atoms with van der Waals surface area (Å²) in [6, 6.07) is -0.894. The van der Waals surface area contributed by atoms with Gasteiger partial charge in [-0.3, -0.25) is 14.2 Å². The molecule has 0 rings (SSSR count). The van der Waals surface area contributed by atoms with Gasteiger partial charge in [0.05, 0.1) is 33.8 Å². The van der Waals surface area contributed by atoms with Gasteiger partial charge in [0, 0.05) is 12.8 Å². The third-order valence-corrected chi connectivity index (χ3v) is 15.1. The predicted octanol–water partition coefficient (Wildman–Crippen LogP) is 19.4. The Hall–Kier alpha value is -2.55. The highest BCUT2D eigenvalue weighted by atomic mass is 31.2. The van der Waals surface area contributed by atoms with E-state index in [2.05, 4.69) is 86.8 Å². The summed E-state index contributed by atoms with van der Waals surface area (Å²) in [7, 11) is 1.18. The van der Waals surface area contributed by atoms with Gasteiger partial charge in [-0.1, -0.05) is 255 Å². The summed E-state index contributed by atoms with van der Waals surface area (Å²) in [5.41, 5.74) is 0. The lowest BCUT2D eigenvalue weighted by Crippen LogP contribution is -2.47. The fourth-order valence-corrected chi connectivity index (χ4v) is 9.88. The standard InChI is InChI=1S/C67H123N2O7P/c1-7-10-13-16-19-22-25-28-30-31-32-33-34-35-36-37-38-39-40-41-44-47-50-53-56-59-66(70)68-64(63-75-77(72,73)74-62-61-69(4,5)6)65(58-55-52-49-46-43-27-24-21-18-15-12-9-3)76-67(71)60-57-54-51-48-45-42-29-26-23-20-17-14-11-8-2/h11,14,19-20,22-23,28,30,32-33,55,58,64-65H,7-10,12-13,15-18,21,24-27,29,31,34-54,56-57,59-63H2,1-6H3,(H-,68,70,72,73)/b14-11+,22-19-,23-20+,30-28-,33-32-,58-55-. The molecule has 1 N–H and O–H groups in total. The van der Waals surface area contributed by atoms with Crippen molar-refractivity contribution in [3.8, 4) is 0 Å². The molecule has 0 aromatic rings. The molecular weight excluding hydrogens is 976 g/mol. The van der Waals surface area contributed by atoms with Gasteiger partial charge in [0.2, 0.25) is 5.91 Å². The van der Waals surface area contributed by atoms with E-state index in [9.17, 15) is 19.0 Å². The minimum atomic E-state index is -4.70. The van der Waals surface area contributed by atoms with Gasteiger partial charge in [0.25, 0.3) is 7.82 Å². The van der Waals surface area contributed by atoms with Crippen LogP contribution in [-0.4, -0.2) is 69.4 Å². The molecule has 0 aliphatic carbocycles. The SMILES string of the molecule is CC/C=C/C/C=C/CCCCCCCCCC(=O)OC(/C=C\CCCCCCCCCCCC)C(COP(=O)([O-])OCC[N+](C)(C)C)NC(=O)CCCCCCCCCCCCCC/C=C\C/C=C\C/C=C\CCCCC. The van der Waals surface area contributed by atoms with Crippen molar-refractivity contribution in [2.24, 2.45) is 0 Å². The Kier molecular flexibility index (Phi) is 54.8. The van der Waals surface area contributed by atoms with Gasteiger partial charge < -0.3 is 28.5 Å². The first kappa shape index (κ1) is 74.5. The molecule has 0 aromatic carbocycles. The molecular formula is C67H123N2O7P. The maximum atomic E-state index is 13.6. The number of allylic oxidation sites excluding steroid dienone is 11. The van der Waals surface area contributed by atoms with E-state index in [0.29, 0.717) is 17.4 Å². The van der Waals surface area contributed by atoms with Crippen LogP contribution in [0.3, 0.4) is 0 Å². The van der Waals surface area contributed by atoms with Crippen molar-refractivity contribution in [2.45, 2.75) is 303 Å². The van der Waals surface area contributed by atoms with E-state index in [1.54, 1.807) is 0 Å². The molecule has 0 aliphatic heterocycles. The molecule has 1 amide bonds. The van der Waals surface area contributed by atoms with Crippen molar-refractivity contribution in [1.29, 1.82) is 0 Å². The maximum Gasteiger partial charge on any atom is 0.306 e. The van der Waals surface area contributed by atoms with Crippen molar-refractivity contribution >= 4 is 19.7 Å². The quantitative estimate of drug-likeness (QED) is 0.0212. The third kappa shape index (κ3) is 57.9. The number of quaternary nitrogens is 1. The van der Waals surface area contributed by atoms with E-state index < -0.39 is 26.6 Å². The van der Waals surface area contributed by atoms with Crippen LogP contribution < -0.4 is 10.2 Å². The second-order valence-electron chi connectivity index (χ2n) is 22.9. The fourth-order valence-electron chi connectivity index (χ4n) is 9.16. The average molecular weight is 1100 g/mol. The second-order valence-corrected chi connectivity index (χ2v) is 24.3. The molecule has 0 aromatic heterocycles. The first-order chi connectivity index (χ1) is 37.4. The molecule has 9 nitrogen and oxygen atoms in total. The Morgan fingerprint density at radius 2 is 0.831 bits per heavy atom. The molecule has 0 fully saturated rings. The lowest BCUT2D eigenvalue weighted by molar-refractivity contribution is -0.870. The summed E-state index contributed by atoms with van der Waals surface area (Å²) in [4.78, 5) is 40.0. The Bertz CT molecular complexity index is 1550. The molecule has 448 valence electrons. The van der Waals surface area contributed by atoms with Gasteiger partial charge >= 0.3 is 5.97 Å². The highest BCUT2D eigenvalue weighted by molar-refractivity contribution is 7.45. The van der Waals surface area contributed by atoms with E-state index in [1.807, 2.05) is 33.3 Å². The Labute approximate surface area is 476 Å². The number of esters is 1. The molecule has 0 saturated carbocycles. The van der Waals surface area contributed by atoms with Gasteiger partial charge in [-0.05, 0) is 96.0 Å². The molecule has 0 radical (unpaired) electrons. The van der Waals surface area contributed by atoms with Crippen LogP contribution in [0.2, 0.25) is 0 Å². The van der Waals surface area contributed by atoms with E-state index in [-0.39, 0.29) is 24.9 Å². The first-order valence-electron chi connectivity index (χ1n) is 32.2. The largest absolute Gasteiger partial charge is 0.756 e. The number of hydrogen-bond acceptors (Lipinski definition) is 7. The van der Waals surface area contributed by atoms with Crippen molar-refractivity contribution in [3.05, 3.63) is 72.9 Å². The average Bonchev–Trinajstić information content (AvgIpc) is 3.39. The van der Waals surface area contributed by atoms with E-state index >= 15 is 0 Å². The molecule has 10 heteroatoms. The van der Waals surface area contributed by atoms with E-state index in [0.717, 1.165) is 96.3 Å². The number of rotatable bonds is 58. The summed E-state index contributed by atoms with van der Waals surface area (Å²) in [6.45, 7) is 6.72. The number of carbonyl (C=O) groups is 2. The summed E-state index contributed by atoms with van der Waals surface area (Å²) >= 11 is 0. The number of phosphoric ester groups is 1. The highest BCUT2D eigenvalue weighted by Crippen LogP contribution is 2.38. The predicted molar refractivity (Wildman–Crippen MR) is 330 cm³/mol. The van der Waals surface area contributed by atoms with Crippen molar-refractivity contribution in [1.82, 2.24) is 5.32 Å². The fraction of sp³-hybridized carbons (Fsp3) is 0.791. The molecule has 3 atom stereocenters. The lowest BCUT2D eigenvalue weighted by atomic mass is 10.0. The molecule has 77 heavy (non-hydrogen) atoms. The Morgan fingerprint density at radius 3 is 1.27 bits per heavy atom. The van der Waals surface area contributed by atoms with Crippen LogP contribution in [0.4, 0.5) is 0 Å². The molecule has 0 heterocycles. The molecule has 0 spiro atoms. The van der Waals surface area contributed by atoms with Gasteiger partial charge in [0.15, 0.2) is 0 Å². The second kappa shape index (κ2) is 56.7. The van der Waals surface area contributed by atoms with Crippen LogP contribution in [0.25, 0.3) is 0 Å². The highest BCUT2D eigenvalue weighted by Gasteiger charge is 2.27. The van der Waals surface area contributed by atoms with Crippen LogP contribution >= 0.6 is 7.82 Å². The van der Waals surface area contributed by atoms with Crippen LogP contribution in [0.15, 0.2) is 72.9 Å². The molecule has 0 saturated heterocycles. The van der Waals surface area contributed by atoms with E-state index in [1.165, 1.54) is 161 Å². The Morgan fingerprint density at radius 1 is 0.468 bits per heavy atom. The molecule has 0 bridgehead atoms. The van der Waals surface area contributed by atoms with Crippen LogP contribution in [0, 0.1) is 0 Å². The normalized spacial score (nSPS) is 14.1. The van der Waals surface area contributed by atoms with Crippen LogP contribution in [0.5, 0.6) is 0 Å². The molecule has 3 unspecified atom stereocenters. The number of ether oxygens (including phenoxy) is 1. The van der Waals surface area contributed by atoms with Gasteiger partial charge in [-0.25, -0.2) is 0 Å². The number of hydrogen-bond donors (Lipinski definition) is 1. The zero-order chi connectivity index (χ0) is 56.4. The smallest absolute Gasteiger partial charge is 0.306 e. The van der Waals surface area contributed by atoms with Crippen LogP contribution in [-0.2, 0) is 27.9 Å². The third-order valence-electron chi connectivity index (χ3n) is 14.1. The number of phosphoric acid groups is 1. The van der Waals surface area contributed by atoms with Crippen LogP contribution in [0.1, 0.15) is 290 Å². The minimum Gasteiger partial charge on any atom is -0.756 e. The summed E-state index contributed by atoms with van der Waals surface area (Å²) in [6.07, 6.45) is 73.0. The number of nitrogens with one attached hydrogen (secondary N) is 1. The number of likely N-dealkylation sites (N-methyl/N-ethyl adjacent to an activating group) is 1. The monoisotopic (exact) mass is 1100 g/mol. The topological polar surface area (TPSA) is 114 Å². The number of carbonyl (C=O) groups excluding carboxylic acids is 2.